The number of aromatic nitrogens is 1. The predicted molar refractivity (Wildman–Crippen MR) is 61.0 cm³/mol. The van der Waals surface area contributed by atoms with Crippen molar-refractivity contribution in [2.75, 3.05) is 18.5 Å². The second kappa shape index (κ2) is 5.98. The Balaban J connectivity index is 2.04. The maximum atomic E-state index is 5.43. The molecule has 0 aliphatic rings. The molecular formula is C10H18N2OS. The van der Waals surface area contributed by atoms with Crippen molar-refractivity contribution in [3.8, 4) is 0 Å². The van der Waals surface area contributed by atoms with Crippen LogP contribution in [0.25, 0.3) is 0 Å². The minimum atomic E-state index is 0.331. The van der Waals surface area contributed by atoms with Crippen LogP contribution < -0.4 is 5.32 Å². The Hall–Kier alpha value is -0.610. The van der Waals surface area contributed by atoms with Gasteiger partial charge in [0.15, 0.2) is 5.13 Å². The van der Waals surface area contributed by atoms with Gasteiger partial charge in [-0.15, -0.1) is 11.3 Å². The topological polar surface area (TPSA) is 34.2 Å². The third-order valence-electron chi connectivity index (χ3n) is 1.67. The van der Waals surface area contributed by atoms with Crippen LogP contribution in [-0.2, 0) is 4.74 Å². The van der Waals surface area contributed by atoms with Crippen LogP contribution in [0.4, 0.5) is 5.13 Å². The van der Waals surface area contributed by atoms with Crippen LogP contribution in [0.5, 0.6) is 0 Å². The molecule has 3 nitrogen and oxygen atoms in total. The quantitative estimate of drug-likeness (QED) is 0.739. The predicted octanol–water partition coefficient (Wildman–Crippen LogP) is 2.68. The highest BCUT2D eigenvalue weighted by Crippen LogP contribution is 2.15. The number of thiazole rings is 1. The summed E-state index contributed by atoms with van der Waals surface area (Å²) in [4.78, 5) is 5.46. The minimum Gasteiger partial charge on any atom is -0.379 e. The van der Waals surface area contributed by atoms with E-state index in [2.05, 4.69) is 31.1 Å². The molecule has 0 radical (unpaired) electrons. The molecule has 0 bridgehead atoms. The first-order chi connectivity index (χ1) is 6.68. The van der Waals surface area contributed by atoms with Crippen molar-refractivity contribution in [3.05, 3.63) is 11.1 Å². The molecular weight excluding hydrogens is 196 g/mol. The molecule has 0 saturated carbocycles. The van der Waals surface area contributed by atoms with E-state index < -0.39 is 0 Å². The molecule has 0 fully saturated rings. The van der Waals surface area contributed by atoms with Gasteiger partial charge < -0.3 is 10.1 Å². The van der Waals surface area contributed by atoms with Gasteiger partial charge in [-0.1, -0.05) is 0 Å². The van der Waals surface area contributed by atoms with Crippen LogP contribution >= 0.6 is 11.3 Å². The van der Waals surface area contributed by atoms with Gasteiger partial charge >= 0.3 is 0 Å². The molecule has 80 valence electrons. The van der Waals surface area contributed by atoms with Gasteiger partial charge in [-0.25, -0.2) is 4.98 Å². The number of rotatable bonds is 6. The summed E-state index contributed by atoms with van der Waals surface area (Å²) in [6.07, 6.45) is 3.24. The zero-order valence-electron chi connectivity index (χ0n) is 9.04. The first-order valence-electron chi connectivity index (χ1n) is 4.96. The van der Waals surface area contributed by atoms with Crippen molar-refractivity contribution in [1.82, 2.24) is 4.98 Å². The molecule has 0 aliphatic heterocycles. The SMILES string of the molecule is Cc1cnc(NCCCOC(C)C)s1. The number of hydrogen-bond donors (Lipinski definition) is 1. The Kier molecular flexibility index (Phi) is 4.90. The zero-order chi connectivity index (χ0) is 10.4. The lowest BCUT2D eigenvalue weighted by molar-refractivity contribution is 0.0787. The third kappa shape index (κ3) is 4.58. The summed E-state index contributed by atoms with van der Waals surface area (Å²) < 4.78 is 5.43. The molecule has 0 saturated heterocycles. The lowest BCUT2D eigenvalue weighted by Crippen LogP contribution is -2.09. The van der Waals surface area contributed by atoms with Gasteiger partial charge in [-0.05, 0) is 27.2 Å². The van der Waals surface area contributed by atoms with Crippen molar-refractivity contribution < 1.29 is 4.74 Å². The maximum absolute atomic E-state index is 5.43. The molecule has 1 aromatic heterocycles. The first-order valence-corrected chi connectivity index (χ1v) is 5.78. The van der Waals surface area contributed by atoms with Gasteiger partial charge in [0.1, 0.15) is 0 Å². The average Bonchev–Trinajstić information content (AvgIpc) is 2.50. The summed E-state index contributed by atoms with van der Waals surface area (Å²) in [5.74, 6) is 0. The molecule has 0 aromatic carbocycles. The van der Waals surface area contributed by atoms with Gasteiger partial charge in [0.25, 0.3) is 0 Å². The Labute approximate surface area is 89.5 Å². The van der Waals surface area contributed by atoms with Crippen molar-refractivity contribution in [2.45, 2.75) is 33.3 Å². The van der Waals surface area contributed by atoms with E-state index in [0.29, 0.717) is 6.10 Å². The molecule has 1 aromatic rings. The van der Waals surface area contributed by atoms with E-state index in [4.69, 9.17) is 4.74 Å². The summed E-state index contributed by atoms with van der Waals surface area (Å²) in [6, 6.07) is 0. The van der Waals surface area contributed by atoms with Gasteiger partial charge in [-0.3, -0.25) is 0 Å². The molecule has 0 spiro atoms. The zero-order valence-corrected chi connectivity index (χ0v) is 9.86. The number of ether oxygens (including phenoxy) is 1. The second-order valence-corrected chi connectivity index (χ2v) is 4.71. The summed E-state index contributed by atoms with van der Waals surface area (Å²) in [6.45, 7) is 7.91. The number of aryl methyl sites for hydroxylation is 1. The normalized spacial score (nSPS) is 10.9. The molecule has 0 unspecified atom stereocenters. The number of nitrogens with one attached hydrogen (secondary N) is 1. The van der Waals surface area contributed by atoms with E-state index in [0.717, 1.165) is 24.7 Å². The fourth-order valence-corrected chi connectivity index (χ4v) is 1.71. The molecule has 0 atom stereocenters. The van der Waals surface area contributed by atoms with Crippen molar-refractivity contribution in [3.63, 3.8) is 0 Å². The van der Waals surface area contributed by atoms with Crippen LogP contribution in [0.3, 0.4) is 0 Å². The van der Waals surface area contributed by atoms with Gasteiger partial charge in [0, 0.05) is 24.2 Å². The van der Waals surface area contributed by atoms with Crippen LogP contribution in [-0.4, -0.2) is 24.2 Å². The van der Waals surface area contributed by atoms with Crippen LogP contribution in [0.15, 0.2) is 6.20 Å². The van der Waals surface area contributed by atoms with E-state index in [9.17, 15) is 0 Å². The molecule has 0 amide bonds. The highest BCUT2D eigenvalue weighted by molar-refractivity contribution is 7.15. The van der Waals surface area contributed by atoms with E-state index in [1.54, 1.807) is 11.3 Å². The van der Waals surface area contributed by atoms with Crippen LogP contribution in [0.2, 0.25) is 0 Å². The van der Waals surface area contributed by atoms with Gasteiger partial charge in [0.2, 0.25) is 0 Å². The molecule has 1 heterocycles. The van der Waals surface area contributed by atoms with Crippen molar-refractivity contribution >= 4 is 16.5 Å². The van der Waals surface area contributed by atoms with E-state index in [1.165, 1.54) is 4.88 Å². The largest absolute Gasteiger partial charge is 0.379 e. The molecule has 1 rings (SSSR count). The molecule has 1 N–H and O–H groups in total. The number of hydrogen-bond acceptors (Lipinski definition) is 4. The third-order valence-corrected chi connectivity index (χ3v) is 2.54. The smallest absolute Gasteiger partial charge is 0.182 e. The Morgan fingerprint density at radius 2 is 2.36 bits per heavy atom. The van der Waals surface area contributed by atoms with E-state index in [1.807, 2.05) is 6.20 Å². The Bertz CT molecular complexity index is 260. The second-order valence-electron chi connectivity index (χ2n) is 3.48. The van der Waals surface area contributed by atoms with Gasteiger partial charge in [-0.2, -0.15) is 0 Å². The Morgan fingerprint density at radius 1 is 1.57 bits per heavy atom. The summed E-state index contributed by atoms with van der Waals surface area (Å²) in [5.41, 5.74) is 0. The average molecular weight is 214 g/mol. The van der Waals surface area contributed by atoms with Gasteiger partial charge in [0.05, 0.1) is 6.10 Å². The molecule has 0 aliphatic carbocycles. The molecule has 4 heteroatoms. The monoisotopic (exact) mass is 214 g/mol. The summed E-state index contributed by atoms with van der Waals surface area (Å²) in [5, 5.41) is 4.27. The summed E-state index contributed by atoms with van der Waals surface area (Å²) >= 11 is 1.69. The standard InChI is InChI=1S/C10H18N2OS/c1-8(2)13-6-4-5-11-10-12-7-9(3)14-10/h7-8H,4-6H2,1-3H3,(H,11,12). The lowest BCUT2D eigenvalue weighted by atomic mass is 10.4. The molecule has 14 heavy (non-hydrogen) atoms. The number of nitrogens with zero attached hydrogens (tertiary/aromatic N) is 1. The highest BCUT2D eigenvalue weighted by atomic mass is 32.1. The fraction of sp³-hybridized carbons (Fsp3) is 0.700. The summed E-state index contributed by atoms with van der Waals surface area (Å²) in [7, 11) is 0. The van der Waals surface area contributed by atoms with E-state index >= 15 is 0 Å². The van der Waals surface area contributed by atoms with Crippen LogP contribution in [0, 0.1) is 6.92 Å². The van der Waals surface area contributed by atoms with Crippen molar-refractivity contribution in [2.24, 2.45) is 0 Å². The first kappa shape index (κ1) is 11.5. The number of anilines is 1. The Morgan fingerprint density at radius 3 is 2.93 bits per heavy atom. The van der Waals surface area contributed by atoms with E-state index in [-0.39, 0.29) is 0 Å². The fourth-order valence-electron chi connectivity index (χ4n) is 1.02. The maximum Gasteiger partial charge on any atom is 0.182 e. The lowest BCUT2D eigenvalue weighted by Gasteiger charge is -2.07. The highest BCUT2D eigenvalue weighted by Gasteiger charge is 1.97. The minimum absolute atomic E-state index is 0.331. The van der Waals surface area contributed by atoms with Crippen LogP contribution in [0.1, 0.15) is 25.1 Å². The van der Waals surface area contributed by atoms with Crippen molar-refractivity contribution in [1.29, 1.82) is 0 Å².